The Morgan fingerprint density at radius 2 is 2.05 bits per heavy atom. The Hall–Kier alpha value is -2.73. The molecule has 1 aromatic heterocycles. The Kier molecular flexibility index (Phi) is 5.21. The van der Waals surface area contributed by atoms with Crippen LogP contribution in [0.3, 0.4) is 0 Å². The molecule has 0 radical (unpaired) electrons. The lowest BCUT2D eigenvalue weighted by atomic mass is 10.2. The van der Waals surface area contributed by atoms with Crippen molar-refractivity contribution in [2.45, 2.75) is 6.92 Å². The van der Waals surface area contributed by atoms with Gasteiger partial charge in [-0.1, -0.05) is 17.7 Å². The Labute approximate surface area is 132 Å². The number of amides is 2. The summed E-state index contributed by atoms with van der Waals surface area (Å²) in [6, 6.07) is 10.2. The molecule has 2 amide bonds. The van der Waals surface area contributed by atoms with Gasteiger partial charge >= 0.3 is 11.8 Å². The first-order valence-corrected chi connectivity index (χ1v) is 6.75. The van der Waals surface area contributed by atoms with Crippen LogP contribution in [0, 0.1) is 6.92 Å². The van der Waals surface area contributed by atoms with Crippen molar-refractivity contribution in [2.24, 2.45) is 5.10 Å². The van der Waals surface area contributed by atoms with Gasteiger partial charge in [0.05, 0.1) is 11.9 Å². The first kappa shape index (κ1) is 15.7. The molecule has 0 saturated carbocycles. The van der Waals surface area contributed by atoms with Crippen molar-refractivity contribution in [2.75, 3.05) is 5.32 Å². The highest BCUT2D eigenvalue weighted by Crippen LogP contribution is 2.19. The normalized spacial score (nSPS) is 10.5. The van der Waals surface area contributed by atoms with Crippen molar-refractivity contribution in [3.63, 3.8) is 0 Å². The molecule has 22 heavy (non-hydrogen) atoms. The molecule has 0 aliphatic heterocycles. The maximum absolute atomic E-state index is 11.7. The highest BCUT2D eigenvalue weighted by Gasteiger charge is 2.13. The topological polar surface area (TPSA) is 83.5 Å². The number of anilines is 1. The molecule has 0 atom stereocenters. The number of nitrogens with one attached hydrogen (secondary N) is 2. The van der Waals surface area contributed by atoms with E-state index in [4.69, 9.17) is 11.6 Å². The summed E-state index contributed by atoms with van der Waals surface area (Å²) in [6.07, 6.45) is 2.94. The molecule has 0 fully saturated rings. The first-order chi connectivity index (χ1) is 10.6. The predicted molar refractivity (Wildman–Crippen MR) is 84.8 cm³/mol. The van der Waals surface area contributed by atoms with Crippen LogP contribution >= 0.6 is 11.6 Å². The summed E-state index contributed by atoms with van der Waals surface area (Å²) >= 11 is 5.83. The number of hydrogen-bond donors (Lipinski definition) is 2. The van der Waals surface area contributed by atoms with Crippen LogP contribution < -0.4 is 10.7 Å². The van der Waals surface area contributed by atoms with E-state index in [9.17, 15) is 9.59 Å². The summed E-state index contributed by atoms with van der Waals surface area (Å²) < 4.78 is 0. The van der Waals surface area contributed by atoms with Crippen molar-refractivity contribution < 1.29 is 9.59 Å². The maximum Gasteiger partial charge on any atom is 0.329 e. The third-order valence-corrected chi connectivity index (χ3v) is 2.93. The van der Waals surface area contributed by atoms with Crippen LogP contribution in [0.2, 0.25) is 5.02 Å². The van der Waals surface area contributed by atoms with Crippen LogP contribution in [0.15, 0.2) is 47.7 Å². The predicted octanol–water partition coefficient (Wildman–Crippen LogP) is 2.13. The molecule has 0 saturated heterocycles. The fourth-order valence-corrected chi connectivity index (χ4v) is 1.83. The van der Waals surface area contributed by atoms with E-state index in [1.807, 2.05) is 0 Å². The van der Waals surface area contributed by atoms with Crippen LogP contribution in [0.25, 0.3) is 0 Å². The molecule has 1 aromatic carbocycles. The lowest BCUT2D eigenvalue weighted by molar-refractivity contribution is -0.136. The van der Waals surface area contributed by atoms with E-state index >= 15 is 0 Å². The second-order valence-corrected chi connectivity index (χ2v) is 4.80. The van der Waals surface area contributed by atoms with Gasteiger partial charge in [0.25, 0.3) is 0 Å². The number of carbonyl (C=O) groups excluding carboxylic acids is 2. The van der Waals surface area contributed by atoms with Crippen molar-refractivity contribution in [3.8, 4) is 0 Å². The Bertz CT molecular complexity index is 717. The Morgan fingerprint density at radius 3 is 2.73 bits per heavy atom. The summed E-state index contributed by atoms with van der Waals surface area (Å²) in [7, 11) is 0. The molecule has 112 valence electrons. The zero-order chi connectivity index (χ0) is 15.9. The number of hydrogen-bond acceptors (Lipinski definition) is 4. The van der Waals surface area contributed by atoms with Gasteiger partial charge in [-0.3, -0.25) is 14.6 Å². The Balaban J connectivity index is 1.92. The quantitative estimate of drug-likeness (QED) is 0.517. The third-order valence-electron chi connectivity index (χ3n) is 2.69. The highest BCUT2D eigenvalue weighted by atomic mass is 35.5. The molecule has 0 unspecified atom stereocenters. The lowest BCUT2D eigenvalue weighted by Crippen LogP contribution is -2.32. The number of carbonyl (C=O) groups is 2. The first-order valence-electron chi connectivity index (χ1n) is 6.38. The van der Waals surface area contributed by atoms with Crippen LogP contribution in [-0.4, -0.2) is 23.0 Å². The fourth-order valence-electron chi connectivity index (χ4n) is 1.61. The highest BCUT2D eigenvalue weighted by molar-refractivity contribution is 6.39. The molecule has 2 aromatic rings. The van der Waals surface area contributed by atoms with E-state index < -0.39 is 11.8 Å². The van der Waals surface area contributed by atoms with E-state index in [0.717, 1.165) is 5.56 Å². The largest absolute Gasteiger partial charge is 0.329 e. The Morgan fingerprint density at radius 1 is 1.23 bits per heavy atom. The second-order valence-electron chi connectivity index (χ2n) is 4.37. The minimum Gasteiger partial charge on any atom is -0.317 e. The minimum atomic E-state index is -0.874. The van der Waals surface area contributed by atoms with Crippen molar-refractivity contribution in [3.05, 3.63) is 58.9 Å². The number of benzene rings is 1. The molecular formula is C15H13ClN4O2. The average molecular weight is 317 g/mol. The zero-order valence-corrected chi connectivity index (χ0v) is 12.5. The van der Waals surface area contributed by atoms with E-state index in [-0.39, 0.29) is 0 Å². The molecule has 0 bridgehead atoms. The van der Waals surface area contributed by atoms with Gasteiger partial charge in [-0.25, -0.2) is 5.43 Å². The standard InChI is InChI=1S/C15H13ClN4O2/c1-10-8-11(16)5-6-13(10)19-14(21)15(22)20-18-9-12-4-2-3-7-17-12/h2-9H,1H3,(H,19,21)(H,20,22)/b18-9-. The van der Waals surface area contributed by atoms with Crippen molar-refractivity contribution in [1.82, 2.24) is 10.4 Å². The van der Waals surface area contributed by atoms with Gasteiger partial charge in [-0.2, -0.15) is 5.10 Å². The molecule has 0 aliphatic carbocycles. The van der Waals surface area contributed by atoms with Gasteiger partial charge in [0.15, 0.2) is 0 Å². The van der Waals surface area contributed by atoms with E-state index in [1.54, 1.807) is 49.5 Å². The van der Waals surface area contributed by atoms with Crippen LogP contribution in [0.5, 0.6) is 0 Å². The number of aromatic nitrogens is 1. The third kappa shape index (κ3) is 4.39. The minimum absolute atomic E-state index is 0.512. The monoisotopic (exact) mass is 316 g/mol. The molecule has 2 N–H and O–H groups in total. The van der Waals surface area contributed by atoms with Crippen molar-refractivity contribution >= 4 is 35.3 Å². The van der Waals surface area contributed by atoms with Crippen molar-refractivity contribution in [1.29, 1.82) is 0 Å². The molecule has 7 heteroatoms. The summed E-state index contributed by atoms with van der Waals surface area (Å²) in [5.41, 5.74) is 3.97. The number of halogens is 1. The molecule has 2 rings (SSSR count). The molecule has 6 nitrogen and oxygen atoms in total. The summed E-state index contributed by atoms with van der Waals surface area (Å²) in [5.74, 6) is -1.69. The number of aryl methyl sites for hydroxylation is 1. The number of nitrogens with zero attached hydrogens (tertiary/aromatic N) is 2. The van der Waals surface area contributed by atoms with E-state index in [0.29, 0.717) is 16.4 Å². The second kappa shape index (κ2) is 7.33. The molecular weight excluding hydrogens is 304 g/mol. The van der Waals surface area contributed by atoms with Gasteiger partial charge < -0.3 is 5.32 Å². The number of rotatable bonds is 3. The van der Waals surface area contributed by atoms with E-state index in [1.165, 1.54) is 6.21 Å². The smallest absolute Gasteiger partial charge is 0.317 e. The summed E-state index contributed by atoms with van der Waals surface area (Å²) in [5, 5.41) is 6.71. The lowest BCUT2D eigenvalue weighted by Gasteiger charge is -2.07. The number of pyridine rings is 1. The van der Waals surface area contributed by atoms with Crippen LogP contribution in [0.4, 0.5) is 5.69 Å². The molecule has 0 aliphatic rings. The fraction of sp³-hybridized carbons (Fsp3) is 0.0667. The van der Waals surface area contributed by atoms with Crippen LogP contribution in [-0.2, 0) is 9.59 Å². The van der Waals surface area contributed by atoms with Gasteiger partial charge in [-0.15, -0.1) is 0 Å². The average Bonchev–Trinajstić information content (AvgIpc) is 2.51. The number of hydrazone groups is 1. The zero-order valence-electron chi connectivity index (χ0n) is 11.7. The van der Waals surface area contributed by atoms with E-state index in [2.05, 4.69) is 20.8 Å². The van der Waals surface area contributed by atoms with Gasteiger partial charge in [0, 0.05) is 16.9 Å². The summed E-state index contributed by atoms with van der Waals surface area (Å²) in [6.45, 7) is 1.78. The SMILES string of the molecule is Cc1cc(Cl)ccc1NC(=O)C(=O)N/N=C\c1ccccn1. The summed E-state index contributed by atoms with van der Waals surface area (Å²) in [4.78, 5) is 27.4. The molecule has 0 spiro atoms. The van der Waals surface area contributed by atoms with Gasteiger partial charge in [0.1, 0.15) is 0 Å². The van der Waals surface area contributed by atoms with Gasteiger partial charge in [0.2, 0.25) is 0 Å². The van der Waals surface area contributed by atoms with Crippen LogP contribution in [0.1, 0.15) is 11.3 Å². The van der Waals surface area contributed by atoms with Gasteiger partial charge in [-0.05, 0) is 42.8 Å². The molecule has 1 heterocycles. The maximum atomic E-state index is 11.7.